The smallest absolute Gasteiger partial charge is 0.0499 e. The normalized spacial score (nSPS) is 11.9. The van der Waals surface area contributed by atoms with Gasteiger partial charge in [0, 0.05) is 39.7 Å². The average molecular weight is 507 g/mol. The standard InChI is InChI=1S/C28H42S4/c1-5-7-9-11-13-15-17-29-25-23-19-21(3)32-28(23)26(24-20-22(4)31-27(24)25)30-18-16-14-12-10-8-6-2/h19-20H,5-18H2,1-4H3. The molecule has 0 fully saturated rings. The third-order valence-corrected chi connectivity index (χ3v) is 10.9. The van der Waals surface area contributed by atoms with E-state index in [1.165, 1.54) is 109 Å². The van der Waals surface area contributed by atoms with E-state index in [0.29, 0.717) is 0 Å². The van der Waals surface area contributed by atoms with Crippen molar-refractivity contribution in [3.63, 3.8) is 0 Å². The van der Waals surface area contributed by atoms with E-state index in [9.17, 15) is 0 Å². The molecule has 2 aromatic heterocycles. The van der Waals surface area contributed by atoms with Gasteiger partial charge in [-0.2, -0.15) is 0 Å². The lowest BCUT2D eigenvalue weighted by atomic mass is 10.1. The fourth-order valence-corrected chi connectivity index (χ4v) is 9.25. The number of hydrogen-bond donors (Lipinski definition) is 0. The zero-order valence-corrected chi connectivity index (χ0v) is 24.0. The molecule has 0 nitrogen and oxygen atoms in total. The Morgan fingerprint density at radius 2 is 0.938 bits per heavy atom. The zero-order valence-electron chi connectivity index (χ0n) is 20.7. The molecular formula is C28H42S4. The Labute approximate surface area is 213 Å². The predicted octanol–water partition coefficient (Wildman–Crippen LogP) is 11.6. The number of fused-ring (bicyclic) bond motifs is 2. The van der Waals surface area contributed by atoms with E-state index in [1.807, 2.05) is 22.7 Å². The van der Waals surface area contributed by atoms with Gasteiger partial charge in [0.05, 0.1) is 0 Å². The number of unbranched alkanes of at least 4 members (excludes halogenated alkanes) is 10. The lowest BCUT2D eigenvalue weighted by Crippen LogP contribution is -1.87. The minimum absolute atomic E-state index is 1.26. The van der Waals surface area contributed by atoms with Crippen molar-refractivity contribution in [1.82, 2.24) is 0 Å². The quantitative estimate of drug-likeness (QED) is 0.140. The molecule has 3 rings (SSSR count). The molecule has 178 valence electrons. The molecule has 0 bridgehead atoms. The summed E-state index contributed by atoms with van der Waals surface area (Å²) in [5, 5.41) is 3.06. The molecule has 0 saturated heterocycles. The van der Waals surface area contributed by atoms with Crippen LogP contribution in [-0.2, 0) is 0 Å². The number of thiophene rings is 2. The summed E-state index contributed by atoms with van der Waals surface area (Å²) in [6.45, 7) is 9.17. The van der Waals surface area contributed by atoms with Gasteiger partial charge in [-0.3, -0.25) is 0 Å². The molecule has 0 spiro atoms. The van der Waals surface area contributed by atoms with E-state index >= 15 is 0 Å². The van der Waals surface area contributed by atoms with E-state index in [4.69, 9.17) is 0 Å². The van der Waals surface area contributed by atoms with Gasteiger partial charge < -0.3 is 0 Å². The summed E-state index contributed by atoms with van der Waals surface area (Å²) in [6.07, 6.45) is 16.6. The highest BCUT2D eigenvalue weighted by Gasteiger charge is 2.19. The molecule has 0 amide bonds. The highest BCUT2D eigenvalue weighted by Crippen LogP contribution is 2.49. The highest BCUT2D eigenvalue weighted by molar-refractivity contribution is 8.00. The van der Waals surface area contributed by atoms with Crippen molar-refractivity contribution in [3.05, 3.63) is 21.9 Å². The SMILES string of the molecule is CCCCCCCCSc1c2cc(C)sc2c(SCCCCCCCC)c2cc(C)sc12. The van der Waals surface area contributed by atoms with Crippen LogP contribution in [0.3, 0.4) is 0 Å². The van der Waals surface area contributed by atoms with Crippen molar-refractivity contribution < 1.29 is 0 Å². The van der Waals surface area contributed by atoms with Gasteiger partial charge in [-0.25, -0.2) is 0 Å². The number of rotatable bonds is 16. The molecule has 1 aromatic carbocycles. The van der Waals surface area contributed by atoms with E-state index < -0.39 is 0 Å². The van der Waals surface area contributed by atoms with E-state index in [-0.39, 0.29) is 0 Å². The van der Waals surface area contributed by atoms with Crippen LogP contribution in [0.1, 0.15) is 101 Å². The number of aryl methyl sites for hydroxylation is 2. The molecule has 0 unspecified atom stereocenters. The van der Waals surface area contributed by atoms with E-state index in [0.717, 1.165) is 0 Å². The maximum absolute atomic E-state index is 2.47. The first-order valence-corrected chi connectivity index (χ1v) is 16.5. The highest BCUT2D eigenvalue weighted by atomic mass is 32.2. The first-order chi connectivity index (χ1) is 15.7. The van der Waals surface area contributed by atoms with E-state index in [1.54, 1.807) is 19.2 Å². The molecule has 0 aliphatic rings. The second-order valence-electron chi connectivity index (χ2n) is 9.09. The average Bonchev–Trinajstić information content (AvgIpc) is 3.35. The first kappa shape index (κ1) is 26.4. The summed E-state index contributed by atoms with van der Waals surface area (Å²) in [7, 11) is 0. The second-order valence-corrected chi connectivity index (χ2v) is 13.8. The van der Waals surface area contributed by atoms with Crippen molar-refractivity contribution in [2.45, 2.75) is 115 Å². The topological polar surface area (TPSA) is 0 Å². The van der Waals surface area contributed by atoms with Gasteiger partial charge in [0.15, 0.2) is 0 Å². The van der Waals surface area contributed by atoms with Gasteiger partial charge in [-0.1, -0.05) is 78.1 Å². The summed E-state index contributed by atoms with van der Waals surface area (Å²) in [4.78, 5) is 6.04. The summed E-state index contributed by atoms with van der Waals surface area (Å²) in [6, 6.07) is 4.93. The van der Waals surface area contributed by atoms with Crippen molar-refractivity contribution in [3.8, 4) is 0 Å². The van der Waals surface area contributed by atoms with Crippen molar-refractivity contribution >= 4 is 66.4 Å². The van der Waals surface area contributed by atoms with Crippen LogP contribution >= 0.6 is 46.2 Å². The van der Waals surface area contributed by atoms with Gasteiger partial charge in [0.2, 0.25) is 0 Å². The Morgan fingerprint density at radius 3 is 1.34 bits per heavy atom. The van der Waals surface area contributed by atoms with Crippen molar-refractivity contribution in [2.24, 2.45) is 0 Å². The maximum Gasteiger partial charge on any atom is 0.0499 e. The monoisotopic (exact) mass is 506 g/mol. The summed E-state index contributed by atoms with van der Waals surface area (Å²) in [5.74, 6) is 2.51. The largest absolute Gasteiger partial charge is 0.139 e. The molecule has 0 atom stereocenters. The summed E-state index contributed by atoms with van der Waals surface area (Å²) in [5.41, 5.74) is 0. The summed E-state index contributed by atoms with van der Waals surface area (Å²) >= 11 is 8.28. The Hall–Kier alpha value is -0.160. The number of benzene rings is 1. The molecule has 0 N–H and O–H groups in total. The lowest BCUT2D eigenvalue weighted by Gasteiger charge is -2.11. The number of thioether (sulfide) groups is 2. The maximum atomic E-state index is 2.47. The Bertz CT molecular complexity index is 819. The molecule has 0 radical (unpaired) electrons. The molecule has 0 saturated carbocycles. The van der Waals surface area contributed by atoms with E-state index in [2.05, 4.69) is 63.4 Å². The van der Waals surface area contributed by atoms with Gasteiger partial charge in [-0.05, 0) is 50.3 Å². The van der Waals surface area contributed by atoms with Gasteiger partial charge in [0.1, 0.15) is 0 Å². The van der Waals surface area contributed by atoms with Gasteiger partial charge in [-0.15, -0.1) is 46.2 Å². The van der Waals surface area contributed by atoms with Crippen molar-refractivity contribution in [1.29, 1.82) is 0 Å². The van der Waals surface area contributed by atoms with Crippen LogP contribution in [0, 0.1) is 13.8 Å². The molecular weight excluding hydrogens is 465 g/mol. The Balaban J connectivity index is 1.72. The minimum atomic E-state index is 1.26. The van der Waals surface area contributed by atoms with Crippen LogP contribution in [0.15, 0.2) is 21.9 Å². The van der Waals surface area contributed by atoms with Gasteiger partial charge >= 0.3 is 0 Å². The minimum Gasteiger partial charge on any atom is -0.139 e. The predicted molar refractivity (Wildman–Crippen MR) is 155 cm³/mol. The van der Waals surface area contributed by atoms with Gasteiger partial charge in [0.25, 0.3) is 0 Å². The first-order valence-electron chi connectivity index (χ1n) is 12.9. The fraction of sp³-hybridized carbons (Fsp3) is 0.643. The van der Waals surface area contributed by atoms with Crippen LogP contribution in [0.4, 0.5) is 0 Å². The third-order valence-electron chi connectivity index (χ3n) is 6.10. The molecule has 0 aliphatic carbocycles. The lowest BCUT2D eigenvalue weighted by molar-refractivity contribution is 0.627. The van der Waals surface area contributed by atoms with Crippen LogP contribution < -0.4 is 0 Å². The van der Waals surface area contributed by atoms with Crippen LogP contribution in [0.2, 0.25) is 0 Å². The van der Waals surface area contributed by atoms with Crippen molar-refractivity contribution in [2.75, 3.05) is 11.5 Å². The Kier molecular flexibility index (Phi) is 11.8. The number of hydrogen-bond acceptors (Lipinski definition) is 4. The molecule has 2 heterocycles. The Morgan fingerprint density at radius 1 is 0.562 bits per heavy atom. The third kappa shape index (κ3) is 7.42. The molecule has 3 aromatic rings. The fourth-order valence-electron chi connectivity index (χ4n) is 4.35. The molecule has 4 heteroatoms. The molecule has 0 aliphatic heterocycles. The van der Waals surface area contributed by atoms with Crippen LogP contribution in [0.25, 0.3) is 20.2 Å². The van der Waals surface area contributed by atoms with Crippen LogP contribution in [-0.4, -0.2) is 11.5 Å². The summed E-state index contributed by atoms with van der Waals surface area (Å²) < 4.78 is 3.10. The van der Waals surface area contributed by atoms with Crippen LogP contribution in [0.5, 0.6) is 0 Å². The molecule has 32 heavy (non-hydrogen) atoms. The second kappa shape index (κ2) is 14.3. The zero-order chi connectivity index (χ0) is 22.8.